The number of nitrogens with one attached hydrogen (secondary N) is 1. The summed E-state index contributed by atoms with van der Waals surface area (Å²) < 4.78 is 41.3. The largest absolute Gasteiger partial charge is 0.414 e. The molecule has 0 spiro atoms. The molecule has 3 nitrogen and oxygen atoms in total. The maximum atomic E-state index is 12.2. The van der Waals surface area contributed by atoms with Crippen LogP contribution in [0, 0.1) is 0 Å². The van der Waals surface area contributed by atoms with Crippen molar-refractivity contribution in [3.8, 4) is 0 Å². The lowest BCUT2D eigenvalue weighted by atomic mass is 9.91. The van der Waals surface area contributed by atoms with Gasteiger partial charge in [0, 0.05) is 12.1 Å². The van der Waals surface area contributed by atoms with Crippen molar-refractivity contribution in [3.63, 3.8) is 0 Å². The van der Waals surface area contributed by atoms with Gasteiger partial charge in [-0.1, -0.05) is 13.8 Å². The van der Waals surface area contributed by atoms with Crippen molar-refractivity contribution in [2.45, 2.75) is 57.9 Å². The molecular formula is C12H24F3NO2. The van der Waals surface area contributed by atoms with Crippen molar-refractivity contribution in [3.05, 3.63) is 0 Å². The summed E-state index contributed by atoms with van der Waals surface area (Å²) in [5.74, 6) is 0. The summed E-state index contributed by atoms with van der Waals surface area (Å²) in [5.41, 5.74) is -0.403. The van der Waals surface area contributed by atoms with Crippen molar-refractivity contribution >= 4 is 0 Å². The summed E-state index contributed by atoms with van der Waals surface area (Å²) in [6, 6.07) is 0. The number of ether oxygens (including phenoxy) is 1. The molecule has 0 bridgehead atoms. The Morgan fingerprint density at radius 2 is 1.89 bits per heavy atom. The second kappa shape index (κ2) is 7.96. The van der Waals surface area contributed by atoms with Crippen molar-refractivity contribution < 1.29 is 23.0 Å². The summed E-state index contributed by atoms with van der Waals surface area (Å²) in [6.07, 6.45) is -4.23. The molecule has 0 radical (unpaired) electrons. The first kappa shape index (κ1) is 17.7. The second-order valence-electron chi connectivity index (χ2n) is 4.48. The molecule has 0 rings (SSSR count). The van der Waals surface area contributed by atoms with Crippen LogP contribution in [0.15, 0.2) is 0 Å². The van der Waals surface area contributed by atoms with E-state index in [1.807, 2.05) is 13.8 Å². The summed E-state index contributed by atoms with van der Waals surface area (Å²) >= 11 is 0. The maximum Gasteiger partial charge on any atom is 0.414 e. The molecule has 18 heavy (non-hydrogen) atoms. The lowest BCUT2D eigenvalue weighted by Crippen LogP contribution is -2.48. The molecule has 0 saturated heterocycles. The van der Waals surface area contributed by atoms with Crippen molar-refractivity contribution in [2.75, 3.05) is 19.8 Å². The predicted octanol–water partition coefficient (Wildman–Crippen LogP) is 2.48. The number of hydrogen-bond donors (Lipinski definition) is 2. The van der Waals surface area contributed by atoms with E-state index in [1.165, 1.54) is 0 Å². The van der Waals surface area contributed by atoms with Gasteiger partial charge in [-0.05, 0) is 32.7 Å². The molecule has 0 aromatic carbocycles. The molecule has 2 N–H and O–H groups in total. The second-order valence-corrected chi connectivity index (χ2v) is 4.48. The Morgan fingerprint density at radius 3 is 2.28 bits per heavy atom. The van der Waals surface area contributed by atoms with E-state index in [2.05, 4.69) is 5.32 Å². The van der Waals surface area contributed by atoms with E-state index in [4.69, 9.17) is 4.74 Å². The molecule has 110 valence electrons. The number of alkyl halides is 3. The zero-order chi connectivity index (χ0) is 14.2. The van der Waals surface area contributed by atoms with Crippen molar-refractivity contribution in [1.82, 2.24) is 5.32 Å². The van der Waals surface area contributed by atoms with E-state index < -0.39 is 17.8 Å². The number of halogens is 3. The highest BCUT2D eigenvalue weighted by Crippen LogP contribution is 2.23. The van der Waals surface area contributed by atoms with Gasteiger partial charge in [0.15, 0.2) is 6.10 Å². The number of rotatable bonds is 9. The van der Waals surface area contributed by atoms with Gasteiger partial charge in [-0.2, -0.15) is 13.2 Å². The van der Waals surface area contributed by atoms with Gasteiger partial charge in [-0.3, -0.25) is 0 Å². The summed E-state index contributed by atoms with van der Waals surface area (Å²) in [5, 5.41) is 12.5. The van der Waals surface area contributed by atoms with Crippen LogP contribution in [0.1, 0.15) is 40.0 Å². The van der Waals surface area contributed by atoms with Gasteiger partial charge in [-0.15, -0.1) is 0 Å². The Hall–Kier alpha value is -0.330. The van der Waals surface area contributed by atoms with Crippen molar-refractivity contribution in [2.24, 2.45) is 0 Å². The summed E-state index contributed by atoms with van der Waals surface area (Å²) in [6.45, 7) is 5.62. The van der Waals surface area contributed by atoms with Gasteiger partial charge >= 0.3 is 6.18 Å². The van der Waals surface area contributed by atoms with Crippen LogP contribution in [0.25, 0.3) is 0 Å². The fourth-order valence-corrected chi connectivity index (χ4v) is 1.78. The number of aliphatic hydroxyl groups is 1. The van der Waals surface area contributed by atoms with Gasteiger partial charge in [-0.25, -0.2) is 0 Å². The molecular weight excluding hydrogens is 247 g/mol. The highest BCUT2D eigenvalue weighted by Gasteiger charge is 2.36. The van der Waals surface area contributed by atoms with Crippen LogP contribution in [-0.4, -0.2) is 42.7 Å². The molecule has 0 saturated carbocycles. The summed E-state index contributed by atoms with van der Waals surface area (Å²) in [7, 11) is 0. The van der Waals surface area contributed by atoms with Crippen LogP contribution >= 0.6 is 0 Å². The fourth-order valence-electron chi connectivity index (χ4n) is 1.78. The van der Waals surface area contributed by atoms with Crippen molar-refractivity contribution in [1.29, 1.82) is 0 Å². The Morgan fingerprint density at radius 1 is 1.28 bits per heavy atom. The standard InChI is InChI=1S/C12H24F3NO2/c1-4-11(9-17,16-5-2)7-6-8-18-10(3)12(13,14)15/h10,16-17H,4-9H2,1-3H3. The monoisotopic (exact) mass is 271 g/mol. The molecule has 2 atom stereocenters. The lowest BCUT2D eigenvalue weighted by molar-refractivity contribution is -0.214. The Balaban J connectivity index is 4.01. The number of hydrogen-bond acceptors (Lipinski definition) is 3. The third kappa shape index (κ3) is 6.02. The fraction of sp³-hybridized carbons (Fsp3) is 1.00. The first-order valence-electron chi connectivity index (χ1n) is 6.35. The third-order valence-electron chi connectivity index (χ3n) is 3.16. The third-order valence-corrected chi connectivity index (χ3v) is 3.16. The van der Waals surface area contributed by atoms with Crippen LogP contribution in [0.5, 0.6) is 0 Å². The van der Waals surface area contributed by atoms with Crippen LogP contribution in [-0.2, 0) is 4.74 Å². The molecule has 0 aromatic rings. The highest BCUT2D eigenvalue weighted by atomic mass is 19.4. The summed E-state index contributed by atoms with van der Waals surface area (Å²) in [4.78, 5) is 0. The molecule has 0 aliphatic rings. The molecule has 0 heterocycles. The Kier molecular flexibility index (Phi) is 7.82. The van der Waals surface area contributed by atoms with E-state index in [-0.39, 0.29) is 13.2 Å². The minimum atomic E-state index is -4.31. The molecule has 6 heteroatoms. The van der Waals surface area contributed by atoms with Gasteiger partial charge in [0.25, 0.3) is 0 Å². The average molecular weight is 271 g/mol. The first-order valence-corrected chi connectivity index (χ1v) is 6.35. The Labute approximate surface area is 107 Å². The van der Waals surface area contributed by atoms with Crippen LogP contribution in [0.3, 0.4) is 0 Å². The number of aliphatic hydroxyl groups excluding tert-OH is 1. The molecule has 2 unspecified atom stereocenters. The quantitative estimate of drug-likeness (QED) is 0.633. The highest BCUT2D eigenvalue weighted by molar-refractivity contribution is 4.85. The van der Waals surface area contributed by atoms with E-state index in [9.17, 15) is 18.3 Å². The molecule has 0 aromatic heterocycles. The average Bonchev–Trinajstić information content (AvgIpc) is 2.31. The molecule has 0 fully saturated rings. The smallest absolute Gasteiger partial charge is 0.394 e. The van der Waals surface area contributed by atoms with E-state index in [1.54, 1.807) is 0 Å². The number of likely N-dealkylation sites (N-methyl/N-ethyl adjacent to an activating group) is 1. The predicted molar refractivity (Wildman–Crippen MR) is 64.5 cm³/mol. The Bertz CT molecular complexity index is 218. The SMILES string of the molecule is CCNC(CC)(CO)CCCOC(C)C(F)(F)F. The van der Waals surface area contributed by atoms with E-state index >= 15 is 0 Å². The van der Waals surface area contributed by atoms with Gasteiger partial charge in [0.05, 0.1) is 6.61 Å². The zero-order valence-electron chi connectivity index (χ0n) is 11.3. The van der Waals surface area contributed by atoms with Crippen LogP contribution in [0.2, 0.25) is 0 Å². The lowest BCUT2D eigenvalue weighted by Gasteiger charge is -2.32. The maximum absolute atomic E-state index is 12.2. The van der Waals surface area contributed by atoms with Gasteiger partial charge < -0.3 is 15.2 Å². The van der Waals surface area contributed by atoms with Crippen LogP contribution in [0.4, 0.5) is 13.2 Å². The molecule has 0 aliphatic heterocycles. The zero-order valence-corrected chi connectivity index (χ0v) is 11.3. The first-order chi connectivity index (χ1) is 8.31. The van der Waals surface area contributed by atoms with E-state index in [0.29, 0.717) is 19.4 Å². The van der Waals surface area contributed by atoms with Gasteiger partial charge in [0.2, 0.25) is 0 Å². The topological polar surface area (TPSA) is 41.5 Å². The minimum Gasteiger partial charge on any atom is -0.394 e. The molecule has 0 aliphatic carbocycles. The van der Waals surface area contributed by atoms with E-state index in [0.717, 1.165) is 13.3 Å². The molecule has 0 amide bonds. The van der Waals surface area contributed by atoms with Crippen LogP contribution < -0.4 is 5.32 Å². The van der Waals surface area contributed by atoms with Gasteiger partial charge in [0.1, 0.15) is 0 Å². The normalized spacial score (nSPS) is 17.5. The minimum absolute atomic E-state index is 0.0217.